The van der Waals surface area contributed by atoms with Crippen LogP contribution in [0.5, 0.6) is 11.5 Å². The largest absolute Gasteiger partial charge is 0.503 e. The lowest BCUT2D eigenvalue weighted by molar-refractivity contribution is -0.0527. The summed E-state index contributed by atoms with van der Waals surface area (Å²) >= 11 is 3.37. The van der Waals surface area contributed by atoms with Crippen LogP contribution in [-0.2, 0) is 11.3 Å². The van der Waals surface area contributed by atoms with Gasteiger partial charge in [-0.15, -0.1) is 0 Å². The summed E-state index contributed by atoms with van der Waals surface area (Å²) in [5.41, 5.74) is 1.06. The van der Waals surface area contributed by atoms with Crippen molar-refractivity contribution in [2.75, 3.05) is 27.3 Å². The normalized spacial score (nSPS) is 23.8. The van der Waals surface area contributed by atoms with Gasteiger partial charge in [-0.3, -0.25) is 4.90 Å². The highest BCUT2D eigenvalue weighted by Crippen LogP contribution is 2.36. The maximum atomic E-state index is 9.84. The number of aromatic hydroxyl groups is 1. The molecular formula is C15H22BrNO3. The van der Waals surface area contributed by atoms with Gasteiger partial charge in [-0.05, 0) is 59.9 Å². The van der Waals surface area contributed by atoms with Crippen LogP contribution in [0.1, 0.15) is 25.3 Å². The van der Waals surface area contributed by atoms with Gasteiger partial charge in [0.1, 0.15) is 0 Å². The van der Waals surface area contributed by atoms with Gasteiger partial charge in [0.05, 0.1) is 17.2 Å². The van der Waals surface area contributed by atoms with Crippen LogP contribution in [0.4, 0.5) is 0 Å². The van der Waals surface area contributed by atoms with E-state index in [0.717, 1.165) is 38.0 Å². The summed E-state index contributed by atoms with van der Waals surface area (Å²) in [5, 5.41) is 9.84. The number of benzene rings is 1. The van der Waals surface area contributed by atoms with Crippen molar-refractivity contribution in [2.24, 2.45) is 0 Å². The van der Waals surface area contributed by atoms with Gasteiger partial charge in [-0.25, -0.2) is 0 Å². The Morgan fingerprint density at radius 2 is 2.15 bits per heavy atom. The molecule has 112 valence electrons. The van der Waals surface area contributed by atoms with Crippen molar-refractivity contribution in [3.05, 3.63) is 22.2 Å². The molecule has 1 aliphatic heterocycles. The minimum Gasteiger partial charge on any atom is -0.503 e. The lowest BCUT2D eigenvalue weighted by atomic mass is 9.94. The molecule has 1 aliphatic rings. The SMILES string of the molecule is COc1cc(CN2CCCC(C)(OC)C2)cc(Br)c1O. The van der Waals surface area contributed by atoms with E-state index >= 15 is 0 Å². The number of phenolic OH excluding ortho intramolecular Hbond substituents is 1. The average molecular weight is 344 g/mol. The van der Waals surface area contributed by atoms with Gasteiger partial charge in [0.15, 0.2) is 11.5 Å². The van der Waals surface area contributed by atoms with E-state index in [1.54, 1.807) is 14.2 Å². The Morgan fingerprint density at radius 3 is 2.80 bits per heavy atom. The molecule has 1 aromatic carbocycles. The molecule has 1 fully saturated rings. The first-order valence-corrected chi connectivity index (χ1v) is 7.59. The number of rotatable bonds is 4. The van der Waals surface area contributed by atoms with Crippen molar-refractivity contribution in [3.63, 3.8) is 0 Å². The van der Waals surface area contributed by atoms with Gasteiger partial charge in [0, 0.05) is 20.2 Å². The Bertz CT molecular complexity index is 480. The maximum absolute atomic E-state index is 9.84. The number of hydrogen-bond donors (Lipinski definition) is 1. The van der Waals surface area contributed by atoms with Gasteiger partial charge >= 0.3 is 0 Å². The second-order valence-corrected chi connectivity index (χ2v) is 6.45. The number of phenols is 1. The molecule has 0 radical (unpaired) electrons. The summed E-state index contributed by atoms with van der Waals surface area (Å²) in [6.07, 6.45) is 2.24. The molecular weight excluding hydrogens is 322 g/mol. The first-order chi connectivity index (χ1) is 9.47. The summed E-state index contributed by atoms with van der Waals surface area (Å²) in [7, 11) is 3.35. The highest BCUT2D eigenvalue weighted by Gasteiger charge is 2.30. The quantitative estimate of drug-likeness (QED) is 0.911. The van der Waals surface area contributed by atoms with Crippen molar-refractivity contribution in [3.8, 4) is 11.5 Å². The lowest BCUT2D eigenvalue weighted by Gasteiger charge is -2.39. The molecule has 0 spiro atoms. The molecule has 20 heavy (non-hydrogen) atoms. The molecule has 1 heterocycles. The van der Waals surface area contributed by atoms with E-state index in [-0.39, 0.29) is 11.4 Å². The van der Waals surface area contributed by atoms with Crippen LogP contribution in [0.25, 0.3) is 0 Å². The topological polar surface area (TPSA) is 41.9 Å². The lowest BCUT2D eigenvalue weighted by Crippen LogP contribution is -2.46. The van der Waals surface area contributed by atoms with E-state index < -0.39 is 0 Å². The fraction of sp³-hybridized carbons (Fsp3) is 0.600. The van der Waals surface area contributed by atoms with Crippen molar-refractivity contribution in [1.29, 1.82) is 0 Å². The van der Waals surface area contributed by atoms with E-state index in [9.17, 15) is 5.11 Å². The fourth-order valence-corrected chi connectivity index (χ4v) is 3.23. The molecule has 1 N–H and O–H groups in total. The van der Waals surface area contributed by atoms with Crippen LogP contribution in [0.15, 0.2) is 16.6 Å². The van der Waals surface area contributed by atoms with Gasteiger partial charge in [-0.1, -0.05) is 0 Å². The molecule has 1 unspecified atom stereocenters. The van der Waals surface area contributed by atoms with Crippen molar-refractivity contribution < 1.29 is 14.6 Å². The average Bonchev–Trinajstić information content (AvgIpc) is 2.43. The number of ether oxygens (including phenoxy) is 2. The predicted molar refractivity (Wildman–Crippen MR) is 82.3 cm³/mol. The smallest absolute Gasteiger partial charge is 0.172 e. The maximum Gasteiger partial charge on any atom is 0.172 e. The van der Waals surface area contributed by atoms with Crippen LogP contribution in [0.2, 0.25) is 0 Å². The first-order valence-electron chi connectivity index (χ1n) is 6.80. The highest BCUT2D eigenvalue weighted by molar-refractivity contribution is 9.10. The number of hydrogen-bond acceptors (Lipinski definition) is 4. The molecule has 4 nitrogen and oxygen atoms in total. The molecule has 0 aromatic heterocycles. The standard InChI is InChI=1S/C15H22BrNO3/c1-15(20-3)5-4-6-17(10-15)9-11-7-12(16)14(18)13(8-11)19-2/h7-8,18H,4-6,9-10H2,1-3H3. The summed E-state index contributed by atoms with van der Waals surface area (Å²) < 4.78 is 11.5. The van der Waals surface area contributed by atoms with Gasteiger partial charge in [0.25, 0.3) is 0 Å². The third kappa shape index (κ3) is 3.45. The molecule has 2 rings (SSSR count). The van der Waals surface area contributed by atoms with Gasteiger partial charge < -0.3 is 14.6 Å². The Labute approximate surface area is 128 Å². The van der Waals surface area contributed by atoms with Crippen LogP contribution in [0.3, 0.4) is 0 Å². The number of methoxy groups -OCH3 is 2. The minimum atomic E-state index is -0.0590. The molecule has 0 amide bonds. The van der Waals surface area contributed by atoms with Crippen molar-refractivity contribution >= 4 is 15.9 Å². The van der Waals surface area contributed by atoms with E-state index in [0.29, 0.717) is 10.2 Å². The van der Waals surface area contributed by atoms with Crippen LogP contribution < -0.4 is 4.74 Å². The third-order valence-corrected chi connectivity index (χ3v) is 4.55. The van der Waals surface area contributed by atoms with Crippen molar-refractivity contribution in [2.45, 2.75) is 31.9 Å². The molecule has 0 aliphatic carbocycles. The second kappa shape index (κ2) is 6.33. The zero-order chi connectivity index (χ0) is 14.8. The summed E-state index contributed by atoms with van der Waals surface area (Å²) in [6.45, 7) is 4.98. The third-order valence-electron chi connectivity index (χ3n) is 3.95. The van der Waals surface area contributed by atoms with Crippen LogP contribution in [0, 0.1) is 0 Å². The Hall–Kier alpha value is -0.780. The molecule has 1 saturated heterocycles. The number of likely N-dealkylation sites (tertiary alicyclic amines) is 1. The zero-order valence-electron chi connectivity index (χ0n) is 12.3. The first kappa shape index (κ1) is 15.6. The number of halogens is 1. The summed E-state index contributed by atoms with van der Waals surface area (Å²) in [5.74, 6) is 0.650. The Kier molecular flexibility index (Phi) is 4.94. The number of nitrogens with zero attached hydrogens (tertiary/aromatic N) is 1. The molecule has 1 atom stereocenters. The van der Waals surface area contributed by atoms with Crippen LogP contribution >= 0.6 is 15.9 Å². The van der Waals surface area contributed by atoms with E-state index in [4.69, 9.17) is 9.47 Å². The molecule has 0 saturated carbocycles. The van der Waals surface area contributed by atoms with Crippen molar-refractivity contribution in [1.82, 2.24) is 4.90 Å². The Balaban J connectivity index is 2.12. The molecule has 0 bridgehead atoms. The van der Waals surface area contributed by atoms with E-state index in [2.05, 4.69) is 27.8 Å². The second-order valence-electron chi connectivity index (χ2n) is 5.60. The van der Waals surface area contributed by atoms with Gasteiger partial charge in [-0.2, -0.15) is 0 Å². The van der Waals surface area contributed by atoms with E-state index in [1.807, 2.05) is 12.1 Å². The van der Waals surface area contributed by atoms with E-state index in [1.165, 1.54) is 0 Å². The van der Waals surface area contributed by atoms with Gasteiger partial charge in [0.2, 0.25) is 0 Å². The molecule has 5 heteroatoms. The summed E-state index contributed by atoms with van der Waals surface area (Å²) in [4.78, 5) is 2.38. The highest BCUT2D eigenvalue weighted by atomic mass is 79.9. The summed E-state index contributed by atoms with van der Waals surface area (Å²) in [6, 6.07) is 3.83. The Morgan fingerprint density at radius 1 is 1.40 bits per heavy atom. The number of piperidine rings is 1. The zero-order valence-corrected chi connectivity index (χ0v) is 13.9. The minimum absolute atomic E-state index is 0.0590. The monoisotopic (exact) mass is 343 g/mol. The van der Waals surface area contributed by atoms with Crippen LogP contribution in [-0.4, -0.2) is 42.9 Å². The predicted octanol–water partition coefficient (Wildman–Crippen LogP) is 3.16. The molecule has 1 aromatic rings. The fourth-order valence-electron chi connectivity index (χ4n) is 2.74.